The second kappa shape index (κ2) is 7.33. The van der Waals surface area contributed by atoms with Crippen molar-refractivity contribution in [1.82, 2.24) is 4.90 Å². The summed E-state index contributed by atoms with van der Waals surface area (Å²) in [6.45, 7) is 0.936. The van der Waals surface area contributed by atoms with Crippen LogP contribution in [0, 0.1) is 5.82 Å². The average Bonchev–Trinajstić information content (AvgIpc) is 2.56. The molecule has 0 aromatic heterocycles. The molecule has 1 aromatic carbocycles. The number of rotatable bonds is 4. The number of nitrogens with two attached hydrogens (primary N) is 1. The SMILES string of the molecule is COCCN1C(=O)CCCC(N)C1c1ccc(F)cc1Br. The van der Waals surface area contributed by atoms with E-state index in [1.54, 1.807) is 18.1 Å². The van der Waals surface area contributed by atoms with E-state index in [-0.39, 0.29) is 23.8 Å². The monoisotopic (exact) mass is 358 g/mol. The van der Waals surface area contributed by atoms with Gasteiger partial charge in [0.25, 0.3) is 0 Å². The summed E-state index contributed by atoms with van der Waals surface area (Å²) in [5.41, 5.74) is 7.14. The van der Waals surface area contributed by atoms with E-state index in [0.717, 1.165) is 18.4 Å². The molecule has 1 heterocycles. The van der Waals surface area contributed by atoms with Crippen LogP contribution in [0.25, 0.3) is 0 Å². The van der Waals surface area contributed by atoms with E-state index in [2.05, 4.69) is 15.9 Å². The predicted molar refractivity (Wildman–Crippen MR) is 82.3 cm³/mol. The minimum atomic E-state index is -0.317. The van der Waals surface area contributed by atoms with Gasteiger partial charge < -0.3 is 15.4 Å². The number of hydrogen-bond donors (Lipinski definition) is 1. The Kier molecular flexibility index (Phi) is 5.72. The molecule has 2 N–H and O–H groups in total. The zero-order valence-electron chi connectivity index (χ0n) is 12.0. The first-order chi connectivity index (χ1) is 10.0. The Morgan fingerprint density at radius 2 is 2.29 bits per heavy atom. The van der Waals surface area contributed by atoms with Crippen molar-refractivity contribution in [2.24, 2.45) is 5.73 Å². The van der Waals surface area contributed by atoms with E-state index in [4.69, 9.17) is 10.5 Å². The molecule has 6 heteroatoms. The fraction of sp³-hybridized carbons (Fsp3) is 0.533. The molecule has 1 fully saturated rings. The molecule has 0 aliphatic carbocycles. The molecule has 116 valence electrons. The molecule has 4 nitrogen and oxygen atoms in total. The van der Waals surface area contributed by atoms with Crippen LogP contribution < -0.4 is 5.73 Å². The van der Waals surface area contributed by atoms with Crippen molar-refractivity contribution in [2.45, 2.75) is 31.3 Å². The maximum absolute atomic E-state index is 13.3. The first kappa shape index (κ1) is 16.4. The van der Waals surface area contributed by atoms with Gasteiger partial charge in [-0.3, -0.25) is 4.79 Å². The van der Waals surface area contributed by atoms with Crippen LogP contribution in [0.4, 0.5) is 4.39 Å². The van der Waals surface area contributed by atoms with Gasteiger partial charge in [-0.15, -0.1) is 0 Å². The molecule has 1 aromatic rings. The lowest BCUT2D eigenvalue weighted by molar-refractivity contribution is -0.134. The van der Waals surface area contributed by atoms with E-state index in [1.165, 1.54) is 12.1 Å². The van der Waals surface area contributed by atoms with Gasteiger partial charge in [0.2, 0.25) is 5.91 Å². The van der Waals surface area contributed by atoms with Crippen molar-refractivity contribution in [2.75, 3.05) is 20.3 Å². The summed E-state index contributed by atoms with van der Waals surface area (Å²) < 4.78 is 19.0. The van der Waals surface area contributed by atoms with Gasteiger partial charge in [0.15, 0.2) is 0 Å². The van der Waals surface area contributed by atoms with Gasteiger partial charge in [-0.25, -0.2) is 4.39 Å². The second-order valence-electron chi connectivity index (χ2n) is 5.25. The summed E-state index contributed by atoms with van der Waals surface area (Å²) in [5, 5.41) is 0. The summed E-state index contributed by atoms with van der Waals surface area (Å²) in [5.74, 6) is -0.246. The average molecular weight is 359 g/mol. The predicted octanol–water partition coefficient (Wildman–Crippen LogP) is 2.62. The molecule has 1 aliphatic heterocycles. The standard InChI is InChI=1S/C15H20BrFN2O2/c1-21-8-7-19-14(20)4-2-3-13(18)15(19)11-6-5-10(17)9-12(11)16/h5-6,9,13,15H,2-4,7-8,18H2,1H3. The van der Waals surface area contributed by atoms with Gasteiger partial charge in [-0.05, 0) is 30.5 Å². The number of carbonyl (C=O) groups excluding carboxylic acids is 1. The van der Waals surface area contributed by atoms with Crippen molar-refractivity contribution >= 4 is 21.8 Å². The summed E-state index contributed by atoms with van der Waals surface area (Å²) in [7, 11) is 1.60. The zero-order valence-corrected chi connectivity index (χ0v) is 13.6. The third-order valence-electron chi connectivity index (χ3n) is 3.81. The molecule has 0 spiro atoms. The van der Waals surface area contributed by atoms with Crippen LogP contribution in [0.3, 0.4) is 0 Å². The number of amides is 1. The maximum Gasteiger partial charge on any atom is 0.223 e. The number of ether oxygens (including phenoxy) is 1. The lowest BCUT2D eigenvalue weighted by Gasteiger charge is -2.34. The third kappa shape index (κ3) is 3.81. The fourth-order valence-corrected chi connectivity index (χ4v) is 3.36. The van der Waals surface area contributed by atoms with Crippen LogP contribution in [0.2, 0.25) is 0 Å². The van der Waals surface area contributed by atoms with Gasteiger partial charge in [-0.1, -0.05) is 22.0 Å². The molecule has 0 bridgehead atoms. The summed E-state index contributed by atoms with van der Waals surface area (Å²) in [6, 6.07) is 4.07. The van der Waals surface area contributed by atoms with Crippen molar-refractivity contribution in [3.63, 3.8) is 0 Å². The lowest BCUT2D eigenvalue weighted by atomic mass is 9.96. The Balaban J connectivity index is 2.38. The number of carbonyl (C=O) groups is 1. The number of benzene rings is 1. The highest BCUT2D eigenvalue weighted by Crippen LogP contribution is 2.34. The molecule has 1 amide bonds. The van der Waals surface area contributed by atoms with Crippen LogP contribution in [-0.2, 0) is 9.53 Å². The first-order valence-electron chi connectivity index (χ1n) is 7.03. The van der Waals surface area contributed by atoms with Crippen molar-refractivity contribution in [3.8, 4) is 0 Å². The molecule has 1 aliphatic rings. The van der Waals surface area contributed by atoms with Gasteiger partial charge in [0.1, 0.15) is 5.82 Å². The minimum absolute atomic E-state index is 0.0706. The molecular weight excluding hydrogens is 339 g/mol. The van der Waals surface area contributed by atoms with Crippen LogP contribution >= 0.6 is 15.9 Å². The van der Waals surface area contributed by atoms with Crippen molar-refractivity contribution in [3.05, 3.63) is 34.1 Å². The molecule has 0 radical (unpaired) electrons. The molecular formula is C15H20BrFN2O2. The molecule has 0 saturated carbocycles. The van der Waals surface area contributed by atoms with E-state index in [1.807, 2.05) is 0 Å². The molecule has 2 atom stereocenters. The van der Waals surface area contributed by atoms with Gasteiger partial charge in [0, 0.05) is 30.6 Å². The van der Waals surface area contributed by atoms with E-state index in [0.29, 0.717) is 24.0 Å². The number of hydrogen-bond acceptors (Lipinski definition) is 3. The Hall–Kier alpha value is -0.980. The van der Waals surface area contributed by atoms with Crippen molar-refractivity contribution < 1.29 is 13.9 Å². The smallest absolute Gasteiger partial charge is 0.223 e. The summed E-state index contributed by atoms with van der Waals surface area (Å²) in [4.78, 5) is 14.1. The Labute approximate surface area is 132 Å². The van der Waals surface area contributed by atoms with Gasteiger partial charge >= 0.3 is 0 Å². The number of methoxy groups -OCH3 is 1. The summed E-state index contributed by atoms with van der Waals surface area (Å²) >= 11 is 3.39. The van der Waals surface area contributed by atoms with Gasteiger partial charge in [0.05, 0.1) is 12.6 Å². The highest BCUT2D eigenvalue weighted by Gasteiger charge is 2.33. The van der Waals surface area contributed by atoms with Crippen LogP contribution in [0.15, 0.2) is 22.7 Å². The van der Waals surface area contributed by atoms with E-state index < -0.39 is 0 Å². The van der Waals surface area contributed by atoms with Crippen LogP contribution in [-0.4, -0.2) is 37.1 Å². The summed E-state index contributed by atoms with van der Waals surface area (Å²) in [6.07, 6.45) is 2.04. The largest absolute Gasteiger partial charge is 0.383 e. The van der Waals surface area contributed by atoms with E-state index in [9.17, 15) is 9.18 Å². The second-order valence-corrected chi connectivity index (χ2v) is 6.10. The fourth-order valence-electron chi connectivity index (χ4n) is 2.77. The van der Waals surface area contributed by atoms with Crippen molar-refractivity contribution in [1.29, 1.82) is 0 Å². The highest BCUT2D eigenvalue weighted by atomic mass is 79.9. The topological polar surface area (TPSA) is 55.6 Å². The first-order valence-corrected chi connectivity index (χ1v) is 7.83. The Bertz CT molecular complexity index is 512. The third-order valence-corrected chi connectivity index (χ3v) is 4.49. The normalized spacial score (nSPS) is 23.2. The Morgan fingerprint density at radius 1 is 1.52 bits per heavy atom. The minimum Gasteiger partial charge on any atom is -0.383 e. The molecule has 1 saturated heterocycles. The molecule has 21 heavy (non-hydrogen) atoms. The lowest BCUT2D eigenvalue weighted by Crippen LogP contribution is -2.43. The highest BCUT2D eigenvalue weighted by molar-refractivity contribution is 9.10. The Morgan fingerprint density at radius 3 is 2.95 bits per heavy atom. The van der Waals surface area contributed by atoms with Crippen LogP contribution in [0.5, 0.6) is 0 Å². The van der Waals surface area contributed by atoms with Crippen LogP contribution in [0.1, 0.15) is 30.9 Å². The zero-order chi connectivity index (χ0) is 15.4. The quantitative estimate of drug-likeness (QED) is 0.899. The molecule has 2 rings (SSSR count). The number of nitrogens with zero attached hydrogens (tertiary/aromatic N) is 1. The van der Waals surface area contributed by atoms with Gasteiger partial charge in [-0.2, -0.15) is 0 Å². The maximum atomic E-state index is 13.3. The van der Waals surface area contributed by atoms with E-state index >= 15 is 0 Å². The number of halogens is 2. The molecule has 2 unspecified atom stereocenters. The number of likely N-dealkylation sites (tertiary alicyclic amines) is 1.